The van der Waals surface area contributed by atoms with E-state index in [1.165, 1.54) is 0 Å². The number of ether oxygens (including phenoxy) is 1. The van der Waals surface area contributed by atoms with Crippen molar-refractivity contribution in [2.24, 2.45) is 5.41 Å². The highest BCUT2D eigenvalue weighted by molar-refractivity contribution is 9.10. The van der Waals surface area contributed by atoms with Gasteiger partial charge in [-0.25, -0.2) is 9.50 Å². The fourth-order valence-electron chi connectivity index (χ4n) is 4.61. The summed E-state index contributed by atoms with van der Waals surface area (Å²) in [5.74, 6) is 1.97. The van der Waals surface area contributed by atoms with Crippen molar-refractivity contribution in [1.29, 1.82) is 0 Å². The van der Waals surface area contributed by atoms with Gasteiger partial charge in [-0.05, 0) is 65.9 Å². The molecule has 3 heterocycles. The van der Waals surface area contributed by atoms with Crippen LogP contribution in [0.3, 0.4) is 0 Å². The van der Waals surface area contributed by atoms with Gasteiger partial charge in [-0.1, -0.05) is 6.07 Å². The number of methoxy groups -OCH3 is 1. The zero-order valence-corrected chi connectivity index (χ0v) is 17.5. The number of benzene rings is 1. The molecule has 1 fully saturated rings. The van der Waals surface area contributed by atoms with E-state index < -0.39 is 0 Å². The summed E-state index contributed by atoms with van der Waals surface area (Å²) in [6.45, 7) is 3.60. The molecule has 2 aromatic heterocycles. The summed E-state index contributed by atoms with van der Waals surface area (Å²) in [7, 11) is 1.64. The summed E-state index contributed by atoms with van der Waals surface area (Å²) >= 11 is 3.57. The van der Waals surface area contributed by atoms with Gasteiger partial charge in [0.05, 0.1) is 19.0 Å². The van der Waals surface area contributed by atoms with Crippen LogP contribution in [-0.4, -0.2) is 40.6 Å². The second-order valence-electron chi connectivity index (χ2n) is 7.74. The lowest BCUT2D eigenvalue weighted by atomic mass is 9.75. The van der Waals surface area contributed by atoms with Crippen molar-refractivity contribution in [2.75, 3.05) is 25.1 Å². The average molecular weight is 441 g/mol. The molecule has 1 spiro atoms. The lowest BCUT2D eigenvalue weighted by Gasteiger charge is -2.39. The Morgan fingerprint density at radius 3 is 2.75 bits per heavy atom. The molecule has 7 heteroatoms. The van der Waals surface area contributed by atoms with Gasteiger partial charge >= 0.3 is 0 Å². The van der Waals surface area contributed by atoms with Gasteiger partial charge in [-0.2, -0.15) is 5.10 Å². The molecule has 0 amide bonds. The molecule has 0 atom stereocenters. The molecule has 1 aliphatic heterocycles. The Bertz CT molecular complexity index is 1100. The highest BCUT2D eigenvalue weighted by atomic mass is 79.9. The second kappa shape index (κ2) is 6.30. The van der Waals surface area contributed by atoms with Gasteiger partial charge in [0, 0.05) is 24.1 Å². The van der Waals surface area contributed by atoms with Crippen LogP contribution < -0.4 is 9.64 Å². The van der Waals surface area contributed by atoms with Crippen LogP contribution in [0.15, 0.2) is 35.1 Å². The molecular weight excluding hydrogens is 420 g/mol. The number of aryl methyl sites for hydroxylation is 1. The predicted molar refractivity (Wildman–Crippen MR) is 110 cm³/mol. The zero-order valence-electron chi connectivity index (χ0n) is 15.9. The average Bonchev–Trinajstić information content (AvgIpc) is 3.30. The summed E-state index contributed by atoms with van der Waals surface area (Å²) in [5, 5.41) is 4.40. The number of anilines is 1. The minimum Gasteiger partial charge on any atom is -0.497 e. The molecule has 3 aromatic rings. The van der Waals surface area contributed by atoms with E-state index in [-0.39, 0.29) is 11.2 Å². The SMILES string of the molecule is COc1ccc2c(c1)C(=O)C1(CCN(c3nc(C)c(Br)n4nccc34)CC1)C2. The number of ketones is 1. The van der Waals surface area contributed by atoms with Gasteiger partial charge in [0.25, 0.3) is 0 Å². The quantitative estimate of drug-likeness (QED) is 0.605. The lowest BCUT2D eigenvalue weighted by Crippen LogP contribution is -2.43. The van der Waals surface area contributed by atoms with Crippen LogP contribution in [-0.2, 0) is 6.42 Å². The van der Waals surface area contributed by atoms with Crippen LogP contribution in [0.2, 0.25) is 0 Å². The monoisotopic (exact) mass is 440 g/mol. The molecule has 5 rings (SSSR count). The number of Topliss-reactive ketones (excluding diaryl/α,β-unsaturated/α-hetero) is 1. The molecule has 144 valence electrons. The number of aromatic nitrogens is 3. The highest BCUT2D eigenvalue weighted by Crippen LogP contribution is 2.46. The van der Waals surface area contributed by atoms with E-state index in [2.05, 4.69) is 25.9 Å². The Hall–Kier alpha value is -2.41. The van der Waals surface area contributed by atoms with Gasteiger partial charge in [0.2, 0.25) is 0 Å². The largest absolute Gasteiger partial charge is 0.497 e. The van der Waals surface area contributed by atoms with E-state index in [0.717, 1.165) is 70.9 Å². The smallest absolute Gasteiger partial charge is 0.169 e. The Labute approximate surface area is 171 Å². The van der Waals surface area contributed by atoms with Gasteiger partial charge in [0.1, 0.15) is 15.9 Å². The molecule has 0 unspecified atom stereocenters. The molecule has 0 radical (unpaired) electrons. The number of hydrogen-bond acceptors (Lipinski definition) is 5. The van der Waals surface area contributed by atoms with E-state index in [9.17, 15) is 4.79 Å². The maximum Gasteiger partial charge on any atom is 0.169 e. The summed E-state index contributed by atoms with van der Waals surface area (Å²) in [5.41, 5.74) is 3.59. The first-order chi connectivity index (χ1) is 13.5. The third-order valence-electron chi connectivity index (χ3n) is 6.22. The van der Waals surface area contributed by atoms with Crippen LogP contribution >= 0.6 is 15.9 Å². The van der Waals surface area contributed by atoms with Crippen LogP contribution in [0.5, 0.6) is 5.75 Å². The standard InChI is InChI=1S/C21H21BrN4O2/c1-13-19(22)26-17(5-8-23-26)20(24-13)25-9-6-21(7-10-25)12-14-3-4-15(28-2)11-16(14)18(21)27/h3-5,8,11H,6-7,9-10,12H2,1-2H3. The Morgan fingerprint density at radius 1 is 1.21 bits per heavy atom. The van der Waals surface area contributed by atoms with Crippen molar-refractivity contribution in [1.82, 2.24) is 14.6 Å². The van der Waals surface area contributed by atoms with Crippen LogP contribution in [0.25, 0.3) is 5.52 Å². The van der Waals surface area contributed by atoms with Gasteiger partial charge in [-0.15, -0.1) is 0 Å². The summed E-state index contributed by atoms with van der Waals surface area (Å²) in [4.78, 5) is 20.3. The normalized spacial score (nSPS) is 18.1. The fourth-order valence-corrected chi connectivity index (χ4v) is 4.98. The van der Waals surface area contributed by atoms with E-state index in [0.29, 0.717) is 0 Å². The zero-order chi connectivity index (χ0) is 19.5. The first kappa shape index (κ1) is 17.7. The molecule has 1 saturated heterocycles. The minimum atomic E-state index is -0.286. The van der Waals surface area contributed by atoms with Gasteiger partial charge < -0.3 is 9.64 Å². The molecule has 28 heavy (non-hydrogen) atoms. The lowest BCUT2D eigenvalue weighted by molar-refractivity contribution is 0.0774. The van der Waals surface area contributed by atoms with Crippen LogP contribution in [0.1, 0.15) is 34.5 Å². The topological polar surface area (TPSA) is 59.7 Å². The Morgan fingerprint density at radius 2 is 2.00 bits per heavy atom. The van der Waals surface area contributed by atoms with Gasteiger partial charge in [0.15, 0.2) is 11.6 Å². The minimum absolute atomic E-state index is 0.274. The number of carbonyl (C=O) groups is 1. The number of hydrogen-bond donors (Lipinski definition) is 0. The van der Waals surface area contributed by atoms with Crippen LogP contribution in [0.4, 0.5) is 5.82 Å². The number of piperidine rings is 1. The number of nitrogens with zero attached hydrogens (tertiary/aromatic N) is 4. The third kappa shape index (κ3) is 2.49. The maximum atomic E-state index is 13.2. The van der Waals surface area contributed by atoms with Crippen molar-refractivity contribution >= 4 is 33.0 Å². The van der Waals surface area contributed by atoms with Crippen molar-refractivity contribution < 1.29 is 9.53 Å². The Balaban J connectivity index is 1.43. The number of halogens is 1. The van der Waals surface area contributed by atoms with Crippen molar-refractivity contribution in [3.8, 4) is 5.75 Å². The van der Waals surface area contributed by atoms with Crippen LogP contribution in [0, 0.1) is 12.3 Å². The molecule has 0 bridgehead atoms. The van der Waals surface area contributed by atoms with Crippen molar-refractivity contribution in [2.45, 2.75) is 26.2 Å². The first-order valence-electron chi connectivity index (χ1n) is 9.49. The van der Waals surface area contributed by atoms with Gasteiger partial charge in [-0.3, -0.25) is 4.79 Å². The predicted octanol–water partition coefficient (Wildman–Crippen LogP) is 3.83. The fraction of sp³-hybridized carbons (Fsp3) is 0.381. The summed E-state index contributed by atoms with van der Waals surface area (Å²) < 4.78 is 8.07. The summed E-state index contributed by atoms with van der Waals surface area (Å²) in [6, 6.07) is 7.88. The molecule has 6 nitrogen and oxygen atoms in total. The second-order valence-corrected chi connectivity index (χ2v) is 8.49. The number of carbonyl (C=O) groups excluding carboxylic acids is 1. The highest BCUT2D eigenvalue weighted by Gasteiger charge is 2.47. The molecule has 0 saturated carbocycles. The Kier molecular flexibility index (Phi) is 3.98. The van der Waals surface area contributed by atoms with E-state index in [4.69, 9.17) is 9.72 Å². The first-order valence-corrected chi connectivity index (χ1v) is 10.3. The van der Waals surface area contributed by atoms with E-state index in [1.54, 1.807) is 13.3 Å². The van der Waals surface area contributed by atoms with Crippen molar-refractivity contribution in [3.63, 3.8) is 0 Å². The number of fused-ring (bicyclic) bond motifs is 2. The molecule has 1 aromatic carbocycles. The maximum absolute atomic E-state index is 13.2. The molecule has 0 N–H and O–H groups in total. The third-order valence-corrected chi connectivity index (χ3v) is 7.13. The number of rotatable bonds is 2. The molecule has 1 aliphatic carbocycles. The molecular formula is C21H21BrN4O2. The van der Waals surface area contributed by atoms with Crippen molar-refractivity contribution in [3.05, 3.63) is 51.9 Å². The van der Waals surface area contributed by atoms with E-state index >= 15 is 0 Å². The summed E-state index contributed by atoms with van der Waals surface area (Å²) in [6.07, 6.45) is 4.29. The van der Waals surface area contributed by atoms with E-state index in [1.807, 2.05) is 35.7 Å². The molecule has 2 aliphatic rings.